The molecular formula is C12H20O2. The van der Waals surface area contributed by atoms with Crippen molar-refractivity contribution in [1.29, 1.82) is 0 Å². The molecule has 0 amide bonds. The van der Waals surface area contributed by atoms with Crippen LogP contribution >= 0.6 is 0 Å². The van der Waals surface area contributed by atoms with Crippen molar-refractivity contribution in [2.24, 2.45) is 35.5 Å². The molecule has 3 fully saturated rings. The molecule has 0 saturated heterocycles. The van der Waals surface area contributed by atoms with Crippen molar-refractivity contribution in [2.75, 3.05) is 13.2 Å². The molecule has 0 aromatic rings. The molecule has 0 aliphatic heterocycles. The highest BCUT2D eigenvalue weighted by molar-refractivity contribution is 5.05. The second-order valence-electron chi connectivity index (χ2n) is 5.60. The Balaban J connectivity index is 1.80. The fraction of sp³-hybridized carbons (Fsp3) is 1.00. The summed E-state index contributed by atoms with van der Waals surface area (Å²) < 4.78 is 0. The molecule has 0 spiro atoms. The van der Waals surface area contributed by atoms with Crippen molar-refractivity contribution in [3.05, 3.63) is 0 Å². The number of aliphatic hydroxyl groups is 2. The molecule has 4 unspecified atom stereocenters. The second kappa shape index (κ2) is 3.21. The molecule has 0 radical (unpaired) electrons. The van der Waals surface area contributed by atoms with E-state index in [1.807, 2.05) is 0 Å². The Morgan fingerprint density at radius 1 is 0.857 bits per heavy atom. The highest BCUT2D eigenvalue weighted by Gasteiger charge is 2.56. The SMILES string of the molecule is OCC1CCC2C1[C@@H]1CC(CO)[C@H]2C1. The Labute approximate surface area is 85.3 Å². The zero-order valence-electron chi connectivity index (χ0n) is 8.60. The van der Waals surface area contributed by atoms with Crippen molar-refractivity contribution in [3.63, 3.8) is 0 Å². The van der Waals surface area contributed by atoms with Gasteiger partial charge in [-0.05, 0) is 61.2 Å². The van der Waals surface area contributed by atoms with E-state index in [0.717, 1.165) is 23.7 Å². The predicted octanol–water partition coefficient (Wildman–Crippen LogP) is 1.27. The Hall–Kier alpha value is -0.0800. The Morgan fingerprint density at radius 2 is 1.64 bits per heavy atom. The van der Waals surface area contributed by atoms with E-state index < -0.39 is 0 Å². The number of hydrogen-bond acceptors (Lipinski definition) is 2. The fourth-order valence-electron chi connectivity index (χ4n) is 4.84. The summed E-state index contributed by atoms with van der Waals surface area (Å²) in [7, 11) is 0. The third-order valence-corrected chi connectivity index (χ3v) is 5.26. The molecule has 2 bridgehead atoms. The van der Waals surface area contributed by atoms with Crippen LogP contribution in [0.1, 0.15) is 25.7 Å². The van der Waals surface area contributed by atoms with Crippen LogP contribution in [0.15, 0.2) is 0 Å². The average Bonchev–Trinajstić information content (AvgIpc) is 2.87. The third-order valence-electron chi connectivity index (χ3n) is 5.26. The Kier molecular flexibility index (Phi) is 2.10. The summed E-state index contributed by atoms with van der Waals surface area (Å²) in [6.07, 6.45) is 5.13. The summed E-state index contributed by atoms with van der Waals surface area (Å²) in [4.78, 5) is 0. The average molecular weight is 196 g/mol. The van der Waals surface area contributed by atoms with Gasteiger partial charge in [-0.15, -0.1) is 0 Å². The number of rotatable bonds is 2. The van der Waals surface area contributed by atoms with Gasteiger partial charge in [0.2, 0.25) is 0 Å². The van der Waals surface area contributed by atoms with Gasteiger partial charge in [0.05, 0.1) is 0 Å². The monoisotopic (exact) mass is 196 g/mol. The molecule has 2 N–H and O–H groups in total. The van der Waals surface area contributed by atoms with Gasteiger partial charge in [0.1, 0.15) is 0 Å². The zero-order chi connectivity index (χ0) is 9.71. The van der Waals surface area contributed by atoms with Gasteiger partial charge in [-0.2, -0.15) is 0 Å². The maximum Gasteiger partial charge on any atom is 0.0462 e. The van der Waals surface area contributed by atoms with Crippen LogP contribution in [0.5, 0.6) is 0 Å². The van der Waals surface area contributed by atoms with Gasteiger partial charge in [0, 0.05) is 13.2 Å². The van der Waals surface area contributed by atoms with E-state index >= 15 is 0 Å². The first-order valence-corrected chi connectivity index (χ1v) is 6.07. The van der Waals surface area contributed by atoms with Crippen LogP contribution in [0.3, 0.4) is 0 Å². The molecule has 14 heavy (non-hydrogen) atoms. The number of hydrogen-bond donors (Lipinski definition) is 2. The van der Waals surface area contributed by atoms with E-state index in [2.05, 4.69) is 0 Å². The highest BCUT2D eigenvalue weighted by atomic mass is 16.3. The second-order valence-corrected chi connectivity index (χ2v) is 5.60. The lowest BCUT2D eigenvalue weighted by atomic mass is 9.74. The van der Waals surface area contributed by atoms with Crippen molar-refractivity contribution in [1.82, 2.24) is 0 Å². The third kappa shape index (κ3) is 1.04. The summed E-state index contributed by atoms with van der Waals surface area (Å²) in [5, 5.41) is 18.6. The van der Waals surface area contributed by atoms with Crippen molar-refractivity contribution < 1.29 is 10.2 Å². The molecule has 0 aromatic carbocycles. The van der Waals surface area contributed by atoms with Gasteiger partial charge >= 0.3 is 0 Å². The van der Waals surface area contributed by atoms with Gasteiger partial charge in [-0.1, -0.05) is 0 Å². The van der Waals surface area contributed by atoms with Crippen molar-refractivity contribution in [2.45, 2.75) is 25.7 Å². The van der Waals surface area contributed by atoms with E-state index in [0.29, 0.717) is 25.0 Å². The largest absolute Gasteiger partial charge is 0.396 e. The highest BCUT2D eigenvalue weighted by Crippen LogP contribution is 2.62. The Bertz CT molecular complexity index is 226. The van der Waals surface area contributed by atoms with E-state index in [1.165, 1.54) is 25.7 Å². The molecule has 3 aliphatic carbocycles. The molecule has 2 nitrogen and oxygen atoms in total. The maximum absolute atomic E-state index is 9.31. The van der Waals surface area contributed by atoms with E-state index in [-0.39, 0.29) is 0 Å². The topological polar surface area (TPSA) is 40.5 Å². The van der Waals surface area contributed by atoms with E-state index in [4.69, 9.17) is 0 Å². The summed E-state index contributed by atoms with van der Waals surface area (Å²) >= 11 is 0. The van der Waals surface area contributed by atoms with Gasteiger partial charge in [-0.25, -0.2) is 0 Å². The van der Waals surface area contributed by atoms with Crippen LogP contribution < -0.4 is 0 Å². The fourth-order valence-corrected chi connectivity index (χ4v) is 4.84. The van der Waals surface area contributed by atoms with E-state index in [9.17, 15) is 10.2 Å². The molecule has 3 saturated carbocycles. The number of fused-ring (bicyclic) bond motifs is 5. The minimum atomic E-state index is 0.397. The molecule has 2 heteroatoms. The van der Waals surface area contributed by atoms with Gasteiger partial charge in [0.15, 0.2) is 0 Å². The van der Waals surface area contributed by atoms with Crippen LogP contribution in [0.4, 0.5) is 0 Å². The van der Waals surface area contributed by atoms with Crippen LogP contribution in [-0.4, -0.2) is 23.4 Å². The van der Waals surface area contributed by atoms with Crippen LogP contribution in [0.25, 0.3) is 0 Å². The molecule has 0 aromatic heterocycles. The summed E-state index contributed by atoms with van der Waals surface area (Å²) in [6.45, 7) is 0.794. The lowest BCUT2D eigenvalue weighted by Gasteiger charge is -2.32. The van der Waals surface area contributed by atoms with Crippen LogP contribution in [-0.2, 0) is 0 Å². The van der Waals surface area contributed by atoms with Gasteiger partial charge in [0.25, 0.3) is 0 Å². The molecule has 0 heterocycles. The minimum absolute atomic E-state index is 0.397. The first kappa shape index (κ1) is 9.17. The Morgan fingerprint density at radius 3 is 2.36 bits per heavy atom. The lowest BCUT2D eigenvalue weighted by molar-refractivity contribution is 0.0904. The zero-order valence-corrected chi connectivity index (χ0v) is 8.60. The van der Waals surface area contributed by atoms with Gasteiger partial charge in [-0.3, -0.25) is 0 Å². The summed E-state index contributed by atoms with van der Waals surface area (Å²) in [6, 6.07) is 0. The normalized spacial score (nSPS) is 55.3. The summed E-state index contributed by atoms with van der Waals surface area (Å²) in [5.41, 5.74) is 0. The van der Waals surface area contributed by atoms with Crippen molar-refractivity contribution >= 4 is 0 Å². The standard InChI is InChI=1S/C12H20O2/c13-5-7-1-2-10-11-4-8(12(7)10)3-9(11)6-14/h7-14H,1-6H2/t7?,8-,9?,10?,11-,12?/m1/s1. The minimum Gasteiger partial charge on any atom is -0.396 e. The summed E-state index contributed by atoms with van der Waals surface area (Å²) in [5.74, 6) is 4.48. The lowest BCUT2D eigenvalue weighted by Crippen LogP contribution is -2.30. The number of aliphatic hydroxyl groups excluding tert-OH is 2. The molecule has 80 valence electrons. The predicted molar refractivity (Wildman–Crippen MR) is 53.6 cm³/mol. The maximum atomic E-state index is 9.31. The molecular weight excluding hydrogens is 176 g/mol. The van der Waals surface area contributed by atoms with Gasteiger partial charge < -0.3 is 10.2 Å². The quantitative estimate of drug-likeness (QED) is 0.698. The molecule has 3 aliphatic rings. The first-order valence-electron chi connectivity index (χ1n) is 6.07. The smallest absolute Gasteiger partial charge is 0.0462 e. The van der Waals surface area contributed by atoms with E-state index in [1.54, 1.807) is 0 Å². The first-order chi connectivity index (χ1) is 6.85. The van der Waals surface area contributed by atoms with Crippen LogP contribution in [0, 0.1) is 35.5 Å². The molecule has 6 atom stereocenters. The van der Waals surface area contributed by atoms with Crippen LogP contribution in [0.2, 0.25) is 0 Å². The van der Waals surface area contributed by atoms with Crippen molar-refractivity contribution in [3.8, 4) is 0 Å². The molecule has 3 rings (SSSR count).